The van der Waals surface area contributed by atoms with Gasteiger partial charge in [-0.15, -0.1) is 0 Å². The Bertz CT molecular complexity index is 631. The molecule has 1 aromatic heterocycles. The van der Waals surface area contributed by atoms with Crippen LogP contribution in [0.1, 0.15) is 34.6 Å². The molecule has 0 saturated heterocycles. The van der Waals surface area contributed by atoms with Gasteiger partial charge in [-0.05, 0) is 36.0 Å². The van der Waals surface area contributed by atoms with Crippen LogP contribution in [0.5, 0.6) is 5.75 Å². The molecule has 0 radical (unpaired) electrons. The number of nitrogens with zero attached hydrogens (tertiary/aromatic N) is 1. The fourth-order valence-electron chi connectivity index (χ4n) is 2.90. The summed E-state index contributed by atoms with van der Waals surface area (Å²) in [5.74, 6) is 0.919. The molecule has 1 aliphatic rings. The number of anilines is 1. The molecule has 3 rings (SSSR count). The average Bonchev–Trinajstić information content (AvgIpc) is 2.71. The zero-order valence-electron chi connectivity index (χ0n) is 12.8. The van der Waals surface area contributed by atoms with Crippen molar-refractivity contribution < 1.29 is 4.74 Å². The fraction of sp³-hybridized carbons (Fsp3) is 0.562. The van der Waals surface area contributed by atoms with Crippen molar-refractivity contribution in [1.82, 2.24) is 4.98 Å². The Labute approximate surface area is 124 Å². The number of nitrogens with one attached hydrogen (secondary N) is 1. The van der Waals surface area contributed by atoms with Crippen LogP contribution in [0, 0.1) is 10.8 Å². The van der Waals surface area contributed by atoms with Crippen molar-refractivity contribution in [2.75, 3.05) is 11.9 Å². The Hall–Kier alpha value is -1.29. The van der Waals surface area contributed by atoms with E-state index in [0.717, 1.165) is 16.4 Å². The molecular formula is C16H22N2OS. The van der Waals surface area contributed by atoms with Gasteiger partial charge in [-0.25, -0.2) is 4.98 Å². The molecule has 2 aromatic rings. The molecule has 1 N–H and O–H groups in total. The average molecular weight is 290 g/mol. The van der Waals surface area contributed by atoms with Crippen LogP contribution in [0.25, 0.3) is 10.2 Å². The van der Waals surface area contributed by atoms with E-state index in [1.807, 2.05) is 19.1 Å². The molecule has 0 unspecified atom stereocenters. The molecule has 1 heterocycles. The smallest absolute Gasteiger partial charge is 0.184 e. The highest BCUT2D eigenvalue weighted by Gasteiger charge is 2.65. The maximum absolute atomic E-state index is 5.54. The third-order valence-corrected chi connectivity index (χ3v) is 5.91. The first-order chi connectivity index (χ1) is 9.36. The van der Waals surface area contributed by atoms with Crippen LogP contribution in [0.3, 0.4) is 0 Å². The number of hydrogen-bond donors (Lipinski definition) is 1. The van der Waals surface area contributed by atoms with Gasteiger partial charge in [0.25, 0.3) is 0 Å². The largest absolute Gasteiger partial charge is 0.494 e. The van der Waals surface area contributed by atoms with Crippen LogP contribution < -0.4 is 10.1 Å². The Morgan fingerprint density at radius 3 is 2.55 bits per heavy atom. The summed E-state index contributed by atoms with van der Waals surface area (Å²) < 4.78 is 6.72. The Balaban J connectivity index is 1.84. The van der Waals surface area contributed by atoms with Crippen LogP contribution >= 0.6 is 11.3 Å². The van der Waals surface area contributed by atoms with E-state index >= 15 is 0 Å². The van der Waals surface area contributed by atoms with Gasteiger partial charge in [0.2, 0.25) is 0 Å². The zero-order chi connectivity index (χ0) is 14.5. The molecule has 0 atom stereocenters. The number of hydrogen-bond acceptors (Lipinski definition) is 4. The van der Waals surface area contributed by atoms with Gasteiger partial charge in [0.1, 0.15) is 5.75 Å². The lowest BCUT2D eigenvalue weighted by molar-refractivity contribution is 0.341. The van der Waals surface area contributed by atoms with Crippen molar-refractivity contribution in [3.63, 3.8) is 0 Å². The summed E-state index contributed by atoms with van der Waals surface area (Å²) >= 11 is 1.70. The van der Waals surface area contributed by atoms with E-state index in [1.54, 1.807) is 11.3 Å². The molecule has 20 heavy (non-hydrogen) atoms. The summed E-state index contributed by atoms with van der Waals surface area (Å²) in [5.41, 5.74) is 1.68. The SMILES string of the molecule is CCOc1ccc2nc(NC3C(C)(C)C3(C)C)sc2c1. The van der Waals surface area contributed by atoms with E-state index in [1.165, 1.54) is 4.70 Å². The molecule has 0 spiro atoms. The van der Waals surface area contributed by atoms with Gasteiger partial charge >= 0.3 is 0 Å². The molecular weight excluding hydrogens is 268 g/mol. The number of rotatable bonds is 4. The molecule has 1 fully saturated rings. The first kappa shape index (κ1) is 13.7. The lowest BCUT2D eigenvalue weighted by Gasteiger charge is -2.02. The summed E-state index contributed by atoms with van der Waals surface area (Å²) in [7, 11) is 0. The van der Waals surface area contributed by atoms with Crippen molar-refractivity contribution >= 4 is 26.7 Å². The van der Waals surface area contributed by atoms with Gasteiger partial charge in [0.05, 0.1) is 16.8 Å². The lowest BCUT2D eigenvalue weighted by Crippen LogP contribution is -2.09. The minimum Gasteiger partial charge on any atom is -0.494 e. The van der Waals surface area contributed by atoms with E-state index in [9.17, 15) is 0 Å². The molecule has 1 saturated carbocycles. The third kappa shape index (κ3) is 1.97. The van der Waals surface area contributed by atoms with Crippen molar-refractivity contribution in [1.29, 1.82) is 0 Å². The maximum atomic E-state index is 5.54. The summed E-state index contributed by atoms with van der Waals surface area (Å²) in [6, 6.07) is 6.58. The second-order valence-electron chi connectivity index (χ2n) is 6.60. The van der Waals surface area contributed by atoms with Crippen LogP contribution in [0.4, 0.5) is 5.13 Å². The minimum atomic E-state index is 0.321. The monoisotopic (exact) mass is 290 g/mol. The van der Waals surface area contributed by atoms with Crippen LogP contribution in [-0.4, -0.2) is 17.6 Å². The van der Waals surface area contributed by atoms with Crippen molar-refractivity contribution in [2.24, 2.45) is 10.8 Å². The Kier molecular flexibility index (Phi) is 2.98. The molecule has 108 valence electrons. The molecule has 3 nitrogen and oxygen atoms in total. The summed E-state index contributed by atoms with van der Waals surface area (Å²) in [6.07, 6.45) is 0. The minimum absolute atomic E-state index is 0.321. The van der Waals surface area contributed by atoms with E-state index in [2.05, 4.69) is 44.1 Å². The van der Waals surface area contributed by atoms with Gasteiger partial charge < -0.3 is 10.1 Å². The number of ether oxygens (including phenoxy) is 1. The molecule has 1 aromatic carbocycles. The highest BCUT2D eigenvalue weighted by atomic mass is 32.1. The number of thiazole rings is 1. The van der Waals surface area contributed by atoms with Gasteiger partial charge in [-0.3, -0.25) is 0 Å². The van der Waals surface area contributed by atoms with E-state index in [4.69, 9.17) is 4.74 Å². The Morgan fingerprint density at radius 2 is 1.95 bits per heavy atom. The summed E-state index contributed by atoms with van der Waals surface area (Å²) in [6.45, 7) is 11.9. The first-order valence-electron chi connectivity index (χ1n) is 7.16. The van der Waals surface area contributed by atoms with E-state index in [0.29, 0.717) is 23.5 Å². The number of benzene rings is 1. The van der Waals surface area contributed by atoms with Gasteiger partial charge in [-0.1, -0.05) is 39.0 Å². The second-order valence-corrected chi connectivity index (χ2v) is 7.63. The van der Waals surface area contributed by atoms with E-state index in [-0.39, 0.29) is 0 Å². The van der Waals surface area contributed by atoms with Crippen LogP contribution in [0.2, 0.25) is 0 Å². The highest BCUT2D eigenvalue weighted by molar-refractivity contribution is 7.22. The zero-order valence-corrected chi connectivity index (χ0v) is 13.6. The van der Waals surface area contributed by atoms with Gasteiger partial charge in [0.15, 0.2) is 5.13 Å². The van der Waals surface area contributed by atoms with E-state index < -0.39 is 0 Å². The summed E-state index contributed by atoms with van der Waals surface area (Å²) in [5, 5.41) is 4.62. The molecule has 0 amide bonds. The highest BCUT2D eigenvalue weighted by Crippen LogP contribution is 2.63. The predicted octanol–water partition coefficient (Wildman–Crippen LogP) is 4.54. The molecule has 1 aliphatic carbocycles. The molecule has 0 bridgehead atoms. The fourth-order valence-corrected chi connectivity index (χ4v) is 3.83. The van der Waals surface area contributed by atoms with Crippen LogP contribution in [0.15, 0.2) is 18.2 Å². The van der Waals surface area contributed by atoms with Crippen molar-refractivity contribution in [3.05, 3.63) is 18.2 Å². The van der Waals surface area contributed by atoms with Crippen molar-refractivity contribution in [3.8, 4) is 5.75 Å². The summed E-state index contributed by atoms with van der Waals surface area (Å²) in [4.78, 5) is 4.68. The first-order valence-corrected chi connectivity index (χ1v) is 7.98. The van der Waals surface area contributed by atoms with Gasteiger partial charge in [0, 0.05) is 6.04 Å². The van der Waals surface area contributed by atoms with Gasteiger partial charge in [-0.2, -0.15) is 0 Å². The molecule has 4 heteroatoms. The lowest BCUT2D eigenvalue weighted by atomic mass is 10.0. The Morgan fingerprint density at radius 1 is 1.25 bits per heavy atom. The topological polar surface area (TPSA) is 34.1 Å². The number of aromatic nitrogens is 1. The quantitative estimate of drug-likeness (QED) is 0.897. The van der Waals surface area contributed by atoms with Crippen LogP contribution in [-0.2, 0) is 0 Å². The number of fused-ring (bicyclic) bond motifs is 1. The van der Waals surface area contributed by atoms with Crippen molar-refractivity contribution in [2.45, 2.75) is 40.7 Å². The predicted molar refractivity (Wildman–Crippen MR) is 85.8 cm³/mol. The second kappa shape index (κ2) is 4.35. The maximum Gasteiger partial charge on any atom is 0.184 e. The standard InChI is InChI=1S/C16H22N2OS/c1-6-19-10-7-8-11-12(9-10)20-14(17-11)18-13-15(2,3)16(13,4)5/h7-9,13H,6H2,1-5H3,(H,17,18). The normalized spacial score (nSPS) is 20.1. The molecule has 0 aliphatic heterocycles. The third-order valence-electron chi connectivity index (χ3n) is 4.96.